The van der Waals surface area contributed by atoms with Gasteiger partial charge in [0.25, 0.3) is 0 Å². The molecule has 1 unspecified atom stereocenters. The average Bonchev–Trinajstić information content (AvgIpc) is 2.98. The van der Waals surface area contributed by atoms with Gasteiger partial charge in [0.1, 0.15) is 0 Å². The molecule has 1 atom stereocenters. The van der Waals surface area contributed by atoms with Crippen LogP contribution in [0.4, 0.5) is 11.4 Å². The molecule has 4 heteroatoms. The zero-order valence-corrected chi connectivity index (χ0v) is 14.7. The van der Waals surface area contributed by atoms with Crippen LogP contribution in [0.2, 0.25) is 5.02 Å². The Morgan fingerprint density at radius 1 is 1.04 bits per heavy atom. The highest BCUT2D eigenvalue weighted by atomic mass is 35.5. The van der Waals surface area contributed by atoms with Crippen molar-refractivity contribution in [3.8, 4) is 0 Å². The summed E-state index contributed by atoms with van der Waals surface area (Å²) in [4.78, 5) is 5.03. The van der Waals surface area contributed by atoms with Crippen molar-refractivity contribution in [3.05, 3.63) is 58.6 Å². The molecule has 2 aromatic carbocycles. The summed E-state index contributed by atoms with van der Waals surface area (Å²) in [6, 6.07) is 14.6. The number of hydrogen-bond donors (Lipinski definition) is 1. The molecule has 0 spiro atoms. The number of hydrogen-bond acceptors (Lipinski definition) is 3. The summed E-state index contributed by atoms with van der Waals surface area (Å²) in [6.07, 6.45) is 2.45. The Balaban J connectivity index is 1.37. The Bertz CT molecular complexity index is 723. The Labute approximate surface area is 149 Å². The van der Waals surface area contributed by atoms with Gasteiger partial charge in [-0.2, -0.15) is 0 Å². The van der Waals surface area contributed by atoms with E-state index in [4.69, 9.17) is 17.3 Å². The largest absolute Gasteiger partial charge is 0.399 e. The summed E-state index contributed by atoms with van der Waals surface area (Å²) in [5, 5.41) is 0.815. The van der Waals surface area contributed by atoms with Crippen LogP contribution in [0.15, 0.2) is 42.5 Å². The lowest BCUT2D eigenvalue weighted by atomic mass is 10.00. The van der Waals surface area contributed by atoms with Crippen LogP contribution in [0.5, 0.6) is 0 Å². The standard InChI is InChI=1S/C20H24ClN3/c21-17-2-1-3-19(12-17)24-10-8-23(9-11-24)14-16-5-4-15-6-7-18(22)13-20(15)16/h1-3,6-7,12-13,16H,4-5,8-11,14,22H2. The predicted molar refractivity (Wildman–Crippen MR) is 102 cm³/mol. The molecule has 0 bridgehead atoms. The topological polar surface area (TPSA) is 32.5 Å². The Hall–Kier alpha value is -1.71. The number of nitrogens with zero attached hydrogens (tertiary/aromatic N) is 2. The lowest BCUT2D eigenvalue weighted by molar-refractivity contribution is 0.241. The van der Waals surface area contributed by atoms with E-state index in [0.717, 1.165) is 43.4 Å². The first-order valence-corrected chi connectivity index (χ1v) is 9.18. The molecular formula is C20H24ClN3. The highest BCUT2D eigenvalue weighted by molar-refractivity contribution is 6.30. The molecule has 0 radical (unpaired) electrons. The van der Waals surface area contributed by atoms with Crippen molar-refractivity contribution in [1.29, 1.82) is 0 Å². The molecular weight excluding hydrogens is 318 g/mol. The monoisotopic (exact) mass is 341 g/mol. The van der Waals surface area contributed by atoms with E-state index in [1.54, 1.807) is 0 Å². The first kappa shape index (κ1) is 15.8. The van der Waals surface area contributed by atoms with Gasteiger partial charge in [-0.05, 0) is 60.2 Å². The molecule has 24 heavy (non-hydrogen) atoms. The minimum absolute atomic E-state index is 0.640. The third-order valence-electron chi connectivity index (χ3n) is 5.40. The maximum absolute atomic E-state index is 6.12. The minimum atomic E-state index is 0.640. The number of aryl methyl sites for hydroxylation is 1. The van der Waals surface area contributed by atoms with Crippen molar-refractivity contribution >= 4 is 23.0 Å². The molecule has 1 saturated heterocycles. The maximum atomic E-state index is 6.12. The molecule has 126 valence electrons. The highest BCUT2D eigenvalue weighted by Crippen LogP contribution is 2.35. The normalized spacial score (nSPS) is 21.0. The SMILES string of the molecule is Nc1ccc2c(c1)C(CN1CCN(c3cccc(Cl)c3)CC1)CC2. The van der Waals surface area contributed by atoms with E-state index in [-0.39, 0.29) is 0 Å². The Morgan fingerprint density at radius 2 is 1.88 bits per heavy atom. The van der Waals surface area contributed by atoms with Gasteiger partial charge in [-0.3, -0.25) is 4.90 Å². The quantitative estimate of drug-likeness (QED) is 0.862. The summed E-state index contributed by atoms with van der Waals surface area (Å²) in [6.45, 7) is 5.51. The van der Waals surface area contributed by atoms with Gasteiger partial charge in [0.2, 0.25) is 0 Å². The van der Waals surface area contributed by atoms with Gasteiger partial charge in [-0.25, -0.2) is 0 Å². The summed E-state index contributed by atoms with van der Waals surface area (Å²) in [7, 11) is 0. The minimum Gasteiger partial charge on any atom is -0.399 e. The van der Waals surface area contributed by atoms with Crippen LogP contribution in [0.1, 0.15) is 23.5 Å². The van der Waals surface area contributed by atoms with Crippen LogP contribution >= 0.6 is 11.6 Å². The number of fused-ring (bicyclic) bond motifs is 1. The number of anilines is 2. The lowest BCUT2D eigenvalue weighted by Crippen LogP contribution is -2.47. The molecule has 0 aromatic heterocycles. The highest BCUT2D eigenvalue weighted by Gasteiger charge is 2.26. The fraction of sp³-hybridized carbons (Fsp3) is 0.400. The molecule has 2 N–H and O–H groups in total. The second-order valence-corrected chi connectivity index (χ2v) is 7.40. The molecule has 0 saturated carbocycles. The van der Waals surface area contributed by atoms with Gasteiger partial charge in [0.05, 0.1) is 0 Å². The first-order valence-electron chi connectivity index (χ1n) is 8.80. The van der Waals surface area contributed by atoms with Crippen LogP contribution in [0, 0.1) is 0 Å². The molecule has 1 fully saturated rings. The van der Waals surface area contributed by atoms with E-state index in [1.165, 1.54) is 29.7 Å². The van der Waals surface area contributed by atoms with Crippen molar-refractivity contribution in [1.82, 2.24) is 4.90 Å². The molecule has 1 aliphatic heterocycles. The lowest BCUT2D eigenvalue weighted by Gasteiger charge is -2.37. The summed E-state index contributed by atoms with van der Waals surface area (Å²) in [5.74, 6) is 0.640. The molecule has 3 nitrogen and oxygen atoms in total. The van der Waals surface area contributed by atoms with E-state index in [0.29, 0.717) is 5.92 Å². The van der Waals surface area contributed by atoms with Gasteiger partial charge in [-0.15, -0.1) is 0 Å². The van der Waals surface area contributed by atoms with Crippen LogP contribution in [0.3, 0.4) is 0 Å². The number of piperazine rings is 1. The number of nitrogen functional groups attached to an aromatic ring is 1. The molecule has 1 heterocycles. The van der Waals surface area contributed by atoms with Crippen molar-refractivity contribution < 1.29 is 0 Å². The van der Waals surface area contributed by atoms with E-state index in [9.17, 15) is 0 Å². The average molecular weight is 342 g/mol. The van der Waals surface area contributed by atoms with E-state index in [2.05, 4.69) is 34.1 Å². The number of halogens is 1. The van der Waals surface area contributed by atoms with Gasteiger partial charge in [0, 0.05) is 49.1 Å². The third kappa shape index (κ3) is 3.24. The molecule has 0 amide bonds. The van der Waals surface area contributed by atoms with Crippen molar-refractivity contribution in [3.63, 3.8) is 0 Å². The number of nitrogens with two attached hydrogens (primary N) is 1. The molecule has 2 aliphatic rings. The van der Waals surface area contributed by atoms with Gasteiger partial charge < -0.3 is 10.6 Å². The first-order chi connectivity index (χ1) is 11.7. The van der Waals surface area contributed by atoms with E-state index >= 15 is 0 Å². The summed E-state index contributed by atoms with van der Waals surface area (Å²) >= 11 is 6.12. The summed E-state index contributed by atoms with van der Waals surface area (Å²) in [5.41, 5.74) is 11.1. The van der Waals surface area contributed by atoms with Gasteiger partial charge in [0.15, 0.2) is 0 Å². The fourth-order valence-electron chi connectivity index (χ4n) is 4.07. The van der Waals surface area contributed by atoms with E-state index < -0.39 is 0 Å². The second-order valence-electron chi connectivity index (χ2n) is 6.96. The summed E-state index contributed by atoms with van der Waals surface area (Å²) < 4.78 is 0. The van der Waals surface area contributed by atoms with Crippen LogP contribution in [-0.4, -0.2) is 37.6 Å². The van der Waals surface area contributed by atoms with E-state index in [1.807, 2.05) is 18.2 Å². The van der Waals surface area contributed by atoms with Crippen LogP contribution in [0.25, 0.3) is 0 Å². The second kappa shape index (κ2) is 6.66. The van der Waals surface area contributed by atoms with Crippen LogP contribution in [-0.2, 0) is 6.42 Å². The zero-order chi connectivity index (χ0) is 16.5. The molecule has 2 aromatic rings. The number of benzene rings is 2. The van der Waals surface area contributed by atoms with Crippen molar-refractivity contribution in [2.75, 3.05) is 43.4 Å². The predicted octanol–water partition coefficient (Wildman–Crippen LogP) is 3.77. The molecule has 1 aliphatic carbocycles. The van der Waals surface area contributed by atoms with Gasteiger partial charge in [-0.1, -0.05) is 23.7 Å². The fourth-order valence-corrected chi connectivity index (χ4v) is 4.25. The van der Waals surface area contributed by atoms with Crippen molar-refractivity contribution in [2.45, 2.75) is 18.8 Å². The maximum Gasteiger partial charge on any atom is 0.0426 e. The van der Waals surface area contributed by atoms with Crippen molar-refractivity contribution in [2.24, 2.45) is 0 Å². The van der Waals surface area contributed by atoms with Crippen LogP contribution < -0.4 is 10.6 Å². The zero-order valence-electron chi connectivity index (χ0n) is 13.9. The Kier molecular flexibility index (Phi) is 4.38. The molecule has 4 rings (SSSR count). The van der Waals surface area contributed by atoms with Gasteiger partial charge >= 0.3 is 0 Å². The number of rotatable bonds is 3. The Morgan fingerprint density at radius 3 is 2.67 bits per heavy atom. The third-order valence-corrected chi connectivity index (χ3v) is 5.63. The smallest absolute Gasteiger partial charge is 0.0426 e.